The Morgan fingerprint density at radius 3 is 3.05 bits per heavy atom. The predicted octanol–water partition coefficient (Wildman–Crippen LogP) is 4.26. The summed E-state index contributed by atoms with van der Waals surface area (Å²) >= 11 is 0. The topological polar surface area (TPSA) is 29.5 Å². The summed E-state index contributed by atoms with van der Waals surface area (Å²) in [5.41, 5.74) is 2.31. The molecule has 2 heteroatoms. The number of aryl methyl sites for hydroxylation is 1. The number of benzene rings is 1. The third-order valence-electron chi connectivity index (χ3n) is 5.13. The second-order valence-corrected chi connectivity index (χ2v) is 6.43. The molecule has 0 radical (unpaired) electrons. The first kappa shape index (κ1) is 13.9. The zero-order valence-electron chi connectivity index (χ0n) is 12.5. The van der Waals surface area contributed by atoms with Crippen molar-refractivity contribution in [2.24, 2.45) is 11.8 Å². The van der Waals surface area contributed by atoms with Crippen LogP contribution >= 0.6 is 0 Å². The van der Waals surface area contributed by atoms with Crippen molar-refractivity contribution in [1.29, 1.82) is 0 Å². The van der Waals surface area contributed by atoms with E-state index in [9.17, 15) is 5.11 Å². The Morgan fingerprint density at radius 2 is 2.20 bits per heavy atom. The average Bonchev–Trinajstić information content (AvgIpc) is 2.53. The Hall–Kier alpha value is -1.02. The highest BCUT2D eigenvalue weighted by atomic mass is 16.5. The lowest BCUT2D eigenvalue weighted by Gasteiger charge is -2.33. The Balaban J connectivity index is 1.81. The fourth-order valence-electron chi connectivity index (χ4n) is 3.89. The molecule has 1 aliphatic heterocycles. The minimum Gasteiger partial charge on any atom is -0.493 e. The van der Waals surface area contributed by atoms with Crippen molar-refractivity contribution in [1.82, 2.24) is 0 Å². The highest BCUT2D eigenvalue weighted by Crippen LogP contribution is 2.42. The molecule has 1 aromatic rings. The summed E-state index contributed by atoms with van der Waals surface area (Å²) in [5, 5.41) is 10.8. The Kier molecular flexibility index (Phi) is 4.30. The van der Waals surface area contributed by atoms with Gasteiger partial charge < -0.3 is 9.84 Å². The molecule has 110 valence electrons. The quantitative estimate of drug-likeness (QED) is 0.892. The molecule has 0 spiro atoms. The molecular formula is C18H26O2. The van der Waals surface area contributed by atoms with E-state index in [0.717, 1.165) is 43.1 Å². The van der Waals surface area contributed by atoms with Crippen molar-refractivity contribution in [3.63, 3.8) is 0 Å². The van der Waals surface area contributed by atoms with E-state index < -0.39 is 0 Å². The minimum atomic E-state index is -0.350. The van der Waals surface area contributed by atoms with Gasteiger partial charge in [-0.15, -0.1) is 0 Å². The van der Waals surface area contributed by atoms with Gasteiger partial charge in [-0.1, -0.05) is 44.4 Å². The third-order valence-corrected chi connectivity index (χ3v) is 5.13. The van der Waals surface area contributed by atoms with Gasteiger partial charge in [0.1, 0.15) is 5.75 Å². The Morgan fingerprint density at radius 1 is 1.30 bits per heavy atom. The van der Waals surface area contributed by atoms with Crippen molar-refractivity contribution in [2.45, 2.75) is 58.0 Å². The number of para-hydroxylation sites is 1. The van der Waals surface area contributed by atoms with Crippen LogP contribution in [0.25, 0.3) is 0 Å². The van der Waals surface area contributed by atoms with E-state index in [0.29, 0.717) is 5.92 Å². The molecule has 3 unspecified atom stereocenters. The zero-order chi connectivity index (χ0) is 13.9. The van der Waals surface area contributed by atoms with Crippen LogP contribution in [0.1, 0.15) is 62.7 Å². The van der Waals surface area contributed by atoms with Gasteiger partial charge in [-0.05, 0) is 43.1 Å². The molecule has 0 amide bonds. The summed E-state index contributed by atoms with van der Waals surface area (Å²) in [6.45, 7) is 3.06. The number of fused-ring (bicyclic) bond motifs is 1. The molecule has 1 aliphatic carbocycles. The van der Waals surface area contributed by atoms with Gasteiger partial charge in [0.25, 0.3) is 0 Å². The van der Waals surface area contributed by atoms with Crippen molar-refractivity contribution < 1.29 is 9.84 Å². The normalized spacial score (nSPS) is 27.5. The molecule has 2 aliphatic rings. The summed E-state index contributed by atoms with van der Waals surface area (Å²) in [5.74, 6) is 2.18. The standard InChI is InChI=1S/C18H26O2/c1-2-13-6-3-8-15(12-13)17(19)16-10-4-7-14-9-5-11-20-18(14)16/h4,7,10,13,15,17,19H,2-3,5-6,8-9,11-12H2,1H3. The second kappa shape index (κ2) is 6.17. The van der Waals surface area contributed by atoms with Crippen molar-refractivity contribution >= 4 is 0 Å². The molecule has 3 rings (SSSR count). The van der Waals surface area contributed by atoms with E-state index in [1.807, 2.05) is 0 Å². The minimum absolute atomic E-state index is 0.350. The van der Waals surface area contributed by atoms with E-state index in [1.165, 1.54) is 31.2 Å². The maximum atomic E-state index is 10.8. The van der Waals surface area contributed by atoms with Crippen molar-refractivity contribution in [3.8, 4) is 5.75 Å². The van der Waals surface area contributed by atoms with Crippen LogP contribution in [0.15, 0.2) is 18.2 Å². The van der Waals surface area contributed by atoms with Gasteiger partial charge in [0.2, 0.25) is 0 Å². The first-order valence-electron chi connectivity index (χ1n) is 8.22. The molecule has 0 aromatic heterocycles. The van der Waals surface area contributed by atoms with Gasteiger partial charge in [0.05, 0.1) is 12.7 Å². The molecule has 2 nitrogen and oxygen atoms in total. The summed E-state index contributed by atoms with van der Waals surface area (Å²) < 4.78 is 5.86. The molecule has 0 saturated heterocycles. The molecule has 1 heterocycles. The predicted molar refractivity (Wildman–Crippen MR) is 81.0 cm³/mol. The molecule has 1 saturated carbocycles. The summed E-state index contributed by atoms with van der Waals surface area (Å²) in [6.07, 6.45) is 7.98. The van der Waals surface area contributed by atoms with Crippen LogP contribution < -0.4 is 4.74 Å². The van der Waals surface area contributed by atoms with Crippen LogP contribution in [0.5, 0.6) is 5.75 Å². The van der Waals surface area contributed by atoms with Crippen LogP contribution in [0.3, 0.4) is 0 Å². The van der Waals surface area contributed by atoms with Crippen LogP contribution in [0.2, 0.25) is 0 Å². The second-order valence-electron chi connectivity index (χ2n) is 6.43. The third kappa shape index (κ3) is 2.71. The number of aliphatic hydroxyl groups excluding tert-OH is 1. The Labute approximate surface area is 122 Å². The average molecular weight is 274 g/mol. The van der Waals surface area contributed by atoms with Gasteiger partial charge in [0, 0.05) is 5.56 Å². The fraction of sp³-hybridized carbons (Fsp3) is 0.667. The molecule has 1 fully saturated rings. The van der Waals surface area contributed by atoms with Crippen molar-refractivity contribution in [2.75, 3.05) is 6.61 Å². The molecule has 3 atom stereocenters. The van der Waals surface area contributed by atoms with Crippen molar-refractivity contribution in [3.05, 3.63) is 29.3 Å². The van der Waals surface area contributed by atoms with Gasteiger partial charge in [-0.25, -0.2) is 0 Å². The fourth-order valence-corrected chi connectivity index (χ4v) is 3.89. The smallest absolute Gasteiger partial charge is 0.128 e. The lowest BCUT2D eigenvalue weighted by molar-refractivity contribution is 0.0646. The molecule has 1 N–H and O–H groups in total. The van der Waals surface area contributed by atoms with Crippen LogP contribution in [0.4, 0.5) is 0 Å². The van der Waals surface area contributed by atoms with E-state index in [2.05, 4.69) is 25.1 Å². The lowest BCUT2D eigenvalue weighted by atomic mass is 9.76. The summed E-state index contributed by atoms with van der Waals surface area (Å²) in [4.78, 5) is 0. The van der Waals surface area contributed by atoms with Crippen LogP contribution in [-0.2, 0) is 6.42 Å². The van der Waals surface area contributed by atoms with E-state index in [4.69, 9.17) is 4.74 Å². The first-order valence-corrected chi connectivity index (χ1v) is 8.22. The van der Waals surface area contributed by atoms with Gasteiger partial charge in [0.15, 0.2) is 0 Å². The van der Waals surface area contributed by atoms with Gasteiger partial charge in [-0.3, -0.25) is 0 Å². The zero-order valence-corrected chi connectivity index (χ0v) is 12.5. The maximum Gasteiger partial charge on any atom is 0.128 e. The summed E-state index contributed by atoms with van der Waals surface area (Å²) in [6, 6.07) is 6.27. The number of rotatable bonds is 3. The van der Waals surface area contributed by atoms with Gasteiger partial charge in [-0.2, -0.15) is 0 Å². The largest absolute Gasteiger partial charge is 0.493 e. The summed E-state index contributed by atoms with van der Waals surface area (Å²) in [7, 11) is 0. The maximum absolute atomic E-state index is 10.8. The van der Waals surface area contributed by atoms with E-state index in [-0.39, 0.29) is 6.10 Å². The van der Waals surface area contributed by atoms with E-state index in [1.54, 1.807) is 0 Å². The highest BCUT2D eigenvalue weighted by Gasteiger charge is 2.30. The number of ether oxygens (including phenoxy) is 1. The van der Waals surface area contributed by atoms with Gasteiger partial charge >= 0.3 is 0 Å². The van der Waals surface area contributed by atoms with Crippen LogP contribution in [-0.4, -0.2) is 11.7 Å². The SMILES string of the molecule is CCC1CCCC(C(O)c2cccc3c2OCCC3)C1. The number of aliphatic hydroxyl groups is 1. The Bertz CT molecular complexity index is 455. The highest BCUT2D eigenvalue weighted by molar-refractivity contribution is 5.44. The van der Waals surface area contributed by atoms with E-state index >= 15 is 0 Å². The lowest BCUT2D eigenvalue weighted by Crippen LogP contribution is -2.22. The monoisotopic (exact) mass is 274 g/mol. The number of hydrogen-bond donors (Lipinski definition) is 1. The molecular weight excluding hydrogens is 248 g/mol. The molecule has 1 aromatic carbocycles. The molecule has 20 heavy (non-hydrogen) atoms. The molecule has 0 bridgehead atoms. The van der Waals surface area contributed by atoms with Crippen LogP contribution in [0, 0.1) is 11.8 Å². The first-order chi connectivity index (χ1) is 9.79. The number of hydrogen-bond acceptors (Lipinski definition) is 2.